The molecule has 2 N–H and O–H groups in total. The number of benzene rings is 2. The minimum absolute atomic E-state index is 0.0618. The van der Waals surface area contributed by atoms with Crippen LogP contribution in [-0.4, -0.2) is 25.8 Å². The van der Waals surface area contributed by atoms with Gasteiger partial charge in [0.05, 0.1) is 20.9 Å². The van der Waals surface area contributed by atoms with Crippen molar-refractivity contribution in [2.75, 3.05) is 0 Å². The summed E-state index contributed by atoms with van der Waals surface area (Å²) in [4.78, 5) is 35.0. The summed E-state index contributed by atoms with van der Waals surface area (Å²) in [7, 11) is 0. The summed E-state index contributed by atoms with van der Waals surface area (Å²) in [6, 6.07) is 8.72. The van der Waals surface area contributed by atoms with Crippen LogP contribution in [0.5, 0.6) is 5.88 Å². The Morgan fingerprint density at radius 1 is 1.04 bits per heavy atom. The Labute approximate surface area is 143 Å². The number of non-ortho nitro benzene ring substituents is 2. The first kappa shape index (κ1) is 16.7. The van der Waals surface area contributed by atoms with Gasteiger partial charge in [-0.3, -0.25) is 25.0 Å². The van der Waals surface area contributed by atoms with E-state index in [1.165, 1.54) is 36.4 Å². The number of nitro benzene ring substituents is 2. The first-order valence-electron chi connectivity index (χ1n) is 7.06. The van der Waals surface area contributed by atoms with Crippen molar-refractivity contribution in [2.45, 2.75) is 0 Å². The van der Waals surface area contributed by atoms with E-state index in [9.17, 15) is 30.1 Å². The molecule has 0 fully saturated rings. The van der Waals surface area contributed by atoms with Gasteiger partial charge in [-0.05, 0) is 12.1 Å². The number of aromatic amines is 1. The molecule has 0 aliphatic heterocycles. The molecular formula is C15H9N5O6. The topological polar surface area (TPSA) is 164 Å². The molecule has 0 saturated heterocycles. The van der Waals surface area contributed by atoms with Crippen molar-refractivity contribution in [1.29, 1.82) is 0 Å². The molecule has 0 aliphatic rings. The molecule has 3 aromatic rings. The number of aromatic hydroxyl groups is 1. The van der Waals surface area contributed by atoms with Gasteiger partial charge in [0.2, 0.25) is 5.88 Å². The lowest BCUT2D eigenvalue weighted by Gasteiger charge is -1.96. The fourth-order valence-electron chi connectivity index (χ4n) is 2.27. The number of amides is 1. The molecule has 11 heteroatoms. The van der Waals surface area contributed by atoms with Gasteiger partial charge in [-0.25, -0.2) is 0 Å². The zero-order chi connectivity index (χ0) is 18.8. The van der Waals surface area contributed by atoms with E-state index in [1.54, 1.807) is 0 Å². The van der Waals surface area contributed by atoms with Gasteiger partial charge in [-0.1, -0.05) is 6.07 Å². The number of carbonyl (C=O) groups is 1. The molecule has 130 valence electrons. The van der Waals surface area contributed by atoms with Crippen LogP contribution in [0.3, 0.4) is 0 Å². The molecule has 0 unspecified atom stereocenters. The van der Waals surface area contributed by atoms with E-state index < -0.39 is 21.6 Å². The standard InChI is InChI=1S/C15H9N5O6/c21-14(8-2-1-3-9(6-8)19(23)24)18-17-13-11-7-10(20(25)26)4-5-12(11)16-15(13)22/h1-7,16,22H. The number of nitro groups is 2. The van der Waals surface area contributed by atoms with Crippen LogP contribution < -0.4 is 0 Å². The Bertz CT molecular complexity index is 1090. The van der Waals surface area contributed by atoms with Crippen molar-refractivity contribution in [2.24, 2.45) is 10.2 Å². The van der Waals surface area contributed by atoms with Gasteiger partial charge in [-0.2, -0.15) is 0 Å². The molecule has 3 rings (SSSR count). The quantitative estimate of drug-likeness (QED) is 0.412. The number of rotatable bonds is 4. The first-order chi connectivity index (χ1) is 12.4. The minimum atomic E-state index is -0.868. The maximum Gasteiger partial charge on any atom is 0.295 e. The predicted molar refractivity (Wildman–Crippen MR) is 88.6 cm³/mol. The van der Waals surface area contributed by atoms with Crippen molar-refractivity contribution in [3.05, 3.63) is 68.3 Å². The van der Waals surface area contributed by atoms with Crippen LogP contribution in [0, 0.1) is 20.2 Å². The Morgan fingerprint density at radius 3 is 2.42 bits per heavy atom. The first-order valence-corrected chi connectivity index (χ1v) is 7.06. The van der Waals surface area contributed by atoms with Crippen LogP contribution in [0.1, 0.15) is 10.4 Å². The Hall–Kier alpha value is -4.15. The van der Waals surface area contributed by atoms with Gasteiger partial charge in [-0.15, -0.1) is 10.2 Å². The minimum Gasteiger partial charge on any atom is -0.493 e. The average Bonchev–Trinajstić information content (AvgIpc) is 2.94. The lowest BCUT2D eigenvalue weighted by Crippen LogP contribution is -1.95. The van der Waals surface area contributed by atoms with Crippen LogP contribution >= 0.6 is 0 Å². The van der Waals surface area contributed by atoms with E-state index in [2.05, 4.69) is 15.2 Å². The SMILES string of the molecule is O=C(N=Nc1c(O)[nH]c2ccc([N+](=O)[O-])cc12)c1cccc([N+](=O)[O-])c1. The molecule has 0 aliphatic carbocycles. The highest BCUT2D eigenvalue weighted by Crippen LogP contribution is 2.37. The highest BCUT2D eigenvalue weighted by atomic mass is 16.6. The second-order valence-electron chi connectivity index (χ2n) is 5.12. The second-order valence-corrected chi connectivity index (χ2v) is 5.12. The molecule has 1 heterocycles. The van der Waals surface area contributed by atoms with Gasteiger partial charge in [0, 0.05) is 29.7 Å². The van der Waals surface area contributed by atoms with Crippen molar-refractivity contribution >= 4 is 33.9 Å². The van der Waals surface area contributed by atoms with E-state index in [0.29, 0.717) is 5.52 Å². The lowest BCUT2D eigenvalue weighted by atomic mass is 10.2. The van der Waals surface area contributed by atoms with Crippen molar-refractivity contribution in [3.8, 4) is 5.88 Å². The van der Waals surface area contributed by atoms with E-state index in [-0.39, 0.29) is 28.0 Å². The van der Waals surface area contributed by atoms with E-state index in [0.717, 1.165) is 6.07 Å². The Kier molecular flexibility index (Phi) is 4.11. The fraction of sp³-hybridized carbons (Fsp3) is 0. The number of azo groups is 1. The zero-order valence-corrected chi connectivity index (χ0v) is 12.8. The molecule has 0 bridgehead atoms. The highest BCUT2D eigenvalue weighted by Gasteiger charge is 2.16. The summed E-state index contributed by atoms with van der Waals surface area (Å²) in [6.07, 6.45) is 0. The van der Waals surface area contributed by atoms with Gasteiger partial charge < -0.3 is 10.1 Å². The second kappa shape index (κ2) is 6.39. The van der Waals surface area contributed by atoms with Gasteiger partial charge in [0.25, 0.3) is 17.3 Å². The van der Waals surface area contributed by atoms with Crippen molar-refractivity contribution < 1.29 is 19.7 Å². The summed E-state index contributed by atoms with van der Waals surface area (Å²) >= 11 is 0. The number of hydrogen-bond donors (Lipinski definition) is 2. The molecule has 1 aromatic heterocycles. The molecule has 2 aromatic carbocycles. The summed E-state index contributed by atoms with van der Waals surface area (Å²) < 4.78 is 0. The third-order valence-corrected chi connectivity index (χ3v) is 3.49. The number of aromatic nitrogens is 1. The molecule has 0 atom stereocenters. The number of fused-ring (bicyclic) bond motifs is 1. The number of H-pyrrole nitrogens is 1. The van der Waals surface area contributed by atoms with Crippen molar-refractivity contribution in [1.82, 2.24) is 4.98 Å². The van der Waals surface area contributed by atoms with Crippen LogP contribution in [0.15, 0.2) is 52.7 Å². The molecule has 26 heavy (non-hydrogen) atoms. The monoisotopic (exact) mass is 355 g/mol. The van der Waals surface area contributed by atoms with Gasteiger partial charge in [0.1, 0.15) is 0 Å². The highest BCUT2D eigenvalue weighted by molar-refractivity contribution is 5.97. The average molecular weight is 355 g/mol. The Balaban J connectivity index is 1.97. The molecule has 0 spiro atoms. The van der Waals surface area contributed by atoms with E-state index >= 15 is 0 Å². The van der Waals surface area contributed by atoms with Crippen LogP contribution in [0.4, 0.5) is 17.1 Å². The number of nitrogens with one attached hydrogen (secondary N) is 1. The fourth-order valence-corrected chi connectivity index (χ4v) is 2.27. The lowest BCUT2D eigenvalue weighted by molar-refractivity contribution is -0.385. The maximum absolute atomic E-state index is 12.1. The maximum atomic E-state index is 12.1. The summed E-state index contributed by atoms with van der Waals surface area (Å²) in [5.41, 5.74) is -0.352. The smallest absolute Gasteiger partial charge is 0.295 e. The molecule has 1 amide bonds. The van der Waals surface area contributed by atoms with E-state index in [4.69, 9.17) is 0 Å². The molecule has 0 saturated carbocycles. The predicted octanol–water partition coefficient (Wildman–Crippen LogP) is 3.61. The number of nitrogens with zero attached hydrogens (tertiary/aromatic N) is 4. The molecule has 11 nitrogen and oxygen atoms in total. The summed E-state index contributed by atoms with van der Waals surface area (Å²) in [6.45, 7) is 0. The van der Waals surface area contributed by atoms with Crippen LogP contribution in [0.25, 0.3) is 10.9 Å². The number of carbonyl (C=O) groups excluding carboxylic acids is 1. The van der Waals surface area contributed by atoms with Crippen molar-refractivity contribution in [3.63, 3.8) is 0 Å². The largest absolute Gasteiger partial charge is 0.493 e. The van der Waals surface area contributed by atoms with Crippen LogP contribution in [0.2, 0.25) is 0 Å². The van der Waals surface area contributed by atoms with Gasteiger partial charge in [0.15, 0.2) is 5.69 Å². The molecule has 0 radical (unpaired) electrons. The third-order valence-electron chi connectivity index (χ3n) is 3.49. The molecular weight excluding hydrogens is 346 g/mol. The summed E-state index contributed by atoms with van der Waals surface area (Å²) in [5, 5.41) is 38.8. The van der Waals surface area contributed by atoms with E-state index in [1.807, 2.05) is 0 Å². The normalized spacial score (nSPS) is 11.1. The van der Waals surface area contributed by atoms with Gasteiger partial charge >= 0.3 is 0 Å². The Morgan fingerprint density at radius 2 is 1.73 bits per heavy atom. The van der Waals surface area contributed by atoms with Crippen LogP contribution in [-0.2, 0) is 0 Å². The third kappa shape index (κ3) is 3.08. The zero-order valence-electron chi connectivity index (χ0n) is 12.8. The number of hydrogen-bond acceptors (Lipinski definition) is 7. The summed E-state index contributed by atoms with van der Waals surface area (Å²) in [5.74, 6) is -1.29.